The van der Waals surface area contributed by atoms with E-state index in [1.165, 1.54) is 0 Å². The van der Waals surface area contributed by atoms with E-state index in [4.69, 9.17) is 10.5 Å². The van der Waals surface area contributed by atoms with Crippen LogP contribution in [0.2, 0.25) is 0 Å². The summed E-state index contributed by atoms with van der Waals surface area (Å²) in [5, 5.41) is 23.2. The minimum Gasteiger partial charge on any atom is -0.396 e. The van der Waals surface area contributed by atoms with Crippen molar-refractivity contribution in [1.82, 2.24) is 5.32 Å². The van der Waals surface area contributed by atoms with Gasteiger partial charge in [-0.05, 0) is 37.5 Å². The van der Waals surface area contributed by atoms with Gasteiger partial charge in [0, 0.05) is 37.8 Å². The van der Waals surface area contributed by atoms with Gasteiger partial charge >= 0.3 is 0 Å². The van der Waals surface area contributed by atoms with E-state index in [2.05, 4.69) is 19.2 Å². The smallest absolute Gasteiger partial charge is 0.0709 e. The molecule has 2 saturated carbocycles. The first-order chi connectivity index (χ1) is 9.96. The minimum atomic E-state index is -0.525. The molecule has 0 heterocycles. The topological polar surface area (TPSA) is 87.7 Å². The first-order valence-electron chi connectivity index (χ1n) is 8.29. The maximum Gasteiger partial charge on any atom is 0.0709 e. The van der Waals surface area contributed by atoms with Crippen molar-refractivity contribution in [3.05, 3.63) is 0 Å². The number of ether oxygens (including phenoxy) is 1. The van der Waals surface area contributed by atoms with Crippen molar-refractivity contribution in [1.29, 1.82) is 0 Å². The van der Waals surface area contributed by atoms with Crippen LogP contribution < -0.4 is 11.1 Å². The molecule has 0 aromatic heterocycles. The third-order valence-electron chi connectivity index (χ3n) is 5.80. The highest BCUT2D eigenvalue weighted by Crippen LogP contribution is 2.33. The Morgan fingerprint density at radius 3 is 2.52 bits per heavy atom. The van der Waals surface area contributed by atoms with Crippen molar-refractivity contribution in [3.63, 3.8) is 0 Å². The van der Waals surface area contributed by atoms with E-state index < -0.39 is 6.10 Å². The number of hydrogen-bond acceptors (Lipinski definition) is 5. The predicted molar refractivity (Wildman–Crippen MR) is 82.9 cm³/mol. The number of nitrogens with two attached hydrogens (primary N) is 1. The molecule has 21 heavy (non-hydrogen) atoms. The fourth-order valence-corrected chi connectivity index (χ4v) is 4.05. The molecule has 2 rings (SSSR count). The number of rotatable bonds is 4. The van der Waals surface area contributed by atoms with Crippen LogP contribution in [0.5, 0.6) is 0 Å². The van der Waals surface area contributed by atoms with E-state index in [-0.39, 0.29) is 24.6 Å². The molecule has 124 valence electrons. The van der Waals surface area contributed by atoms with E-state index in [1.807, 2.05) is 0 Å². The Kier molecular flexibility index (Phi) is 6.03. The highest BCUT2D eigenvalue weighted by molar-refractivity contribution is 4.95. The summed E-state index contributed by atoms with van der Waals surface area (Å²) >= 11 is 0. The highest BCUT2D eigenvalue weighted by Gasteiger charge is 2.38. The standard InChI is InChI=1S/C16H32N2O3/c1-9-4-13(21-3)7-14(10(9)2)18-12-5-11(8-19)16(17)15(20)6-12/h9-16,18-20H,4-8,17H2,1-3H3. The van der Waals surface area contributed by atoms with Crippen LogP contribution in [-0.4, -0.2) is 54.3 Å². The van der Waals surface area contributed by atoms with Gasteiger partial charge in [0.15, 0.2) is 0 Å². The molecule has 5 heteroatoms. The molecule has 8 unspecified atom stereocenters. The summed E-state index contributed by atoms with van der Waals surface area (Å²) < 4.78 is 5.56. The van der Waals surface area contributed by atoms with Gasteiger partial charge in [0.1, 0.15) is 0 Å². The zero-order valence-electron chi connectivity index (χ0n) is 13.5. The van der Waals surface area contributed by atoms with Crippen molar-refractivity contribution in [2.45, 2.75) is 69.9 Å². The fraction of sp³-hybridized carbons (Fsp3) is 1.00. The quantitative estimate of drug-likeness (QED) is 0.607. The molecule has 0 saturated heterocycles. The molecule has 0 radical (unpaired) electrons. The van der Waals surface area contributed by atoms with Gasteiger partial charge in [0.2, 0.25) is 0 Å². The molecule has 2 fully saturated rings. The predicted octanol–water partition coefficient (Wildman–Crippen LogP) is 0.485. The molecular weight excluding hydrogens is 268 g/mol. The van der Waals surface area contributed by atoms with Crippen LogP contribution in [-0.2, 0) is 4.74 Å². The number of nitrogens with one attached hydrogen (secondary N) is 1. The van der Waals surface area contributed by atoms with Crippen LogP contribution in [0.1, 0.15) is 39.5 Å². The molecule has 0 amide bonds. The van der Waals surface area contributed by atoms with E-state index in [1.54, 1.807) is 7.11 Å². The Morgan fingerprint density at radius 2 is 1.90 bits per heavy atom. The Balaban J connectivity index is 1.96. The molecule has 0 aromatic rings. The highest BCUT2D eigenvalue weighted by atomic mass is 16.5. The van der Waals surface area contributed by atoms with Gasteiger partial charge in [-0.25, -0.2) is 0 Å². The lowest BCUT2D eigenvalue weighted by Crippen LogP contribution is -2.56. The second kappa shape index (κ2) is 7.38. The third kappa shape index (κ3) is 3.96. The van der Waals surface area contributed by atoms with Crippen LogP contribution >= 0.6 is 0 Å². The molecule has 5 N–H and O–H groups in total. The number of aliphatic hydroxyl groups is 2. The van der Waals surface area contributed by atoms with Crippen LogP contribution in [0, 0.1) is 17.8 Å². The summed E-state index contributed by atoms with van der Waals surface area (Å²) in [4.78, 5) is 0. The average Bonchev–Trinajstić information content (AvgIpc) is 2.47. The van der Waals surface area contributed by atoms with Gasteiger partial charge in [0.05, 0.1) is 12.2 Å². The second-order valence-electron chi connectivity index (χ2n) is 7.19. The molecule has 0 aliphatic heterocycles. The summed E-state index contributed by atoms with van der Waals surface area (Å²) in [5.41, 5.74) is 5.96. The lowest BCUT2D eigenvalue weighted by atomic mass is 9.75. The summed E-state index contributed by atoms with van der Waals surface area (Å²) in [6, 6.07) is 0.333. The number of methoxy groups -OCH3 is 1. The fourth-order valence-electron chi connectivity index (χ4n) is 4.05. The van der Waals surface area contributed by atoms with Crippen molar-refractivity contribution < 1.29 is 14.9 Å². The molecule has 2 aliphatic rings. The van der Waals surface area contributed by atoms with Gasteiger partial charge in [-0.3, -0.25) is 0 Å². The van der Waals surface area contributed by atoms with E-state index in [0.717, 1.165) is 19.3 Å². The van der Waals surface area contributed by atoms with Gasteiger partial charge in [-0.1, -0.05) is 13.8 Å². The SMILES string of the molecule is COC1CC(C)C(C)C(NC2CC(O)C(N)C(CO)C2)C1. The van der Waals surface area contributed by atoms with Gasteiger partial charge < -0.3 is 26.0 Å². The summed E-state index contributed by atoms with van der Waals surface area (Å²) in [6.07, 6.45) is 3.44. The molecule has 0 spiro atoms. The monoisotopic (exact) mass is 300 g/mol. The molecular formula is C16H32N2O3. The Morgan fingerprint density at radius 1 is 1.19 bits per heavy atom. The second-order valence-corrected chi connectivity index (χ2v) is 7.19. The molecule has 0 aromatic carbocycles. The third-order valence-corrected chi connectivity index (χ3v) is 5.80. The van der Waals surface area contributed by atoms with Crippen LogP contribution in [0.3, 0.4) is 0 Å². The number of aliphatic hydroxyl groups excluding tert-OH is 2. The van der Waals surface area contributed by atoms with Crippen LogP contribution in [0.15, 0.2) is 0 Å². The average molecular weight is 300 g/mol. The zero-order chi connectivity index (χ0) is 15.6. The Bertz CT molecular complexity index is 329. The van der Waals surface area contributed by atoms with Crippen molar-refractivity contribution >= 4 is 0 Å². The Hall–Kier alpha value is -0.200. The normalized spacial score (nSPS) is 48.3. The first kappa shape index (κ1) is 17.2. The van der Waals surface area contributed by atoms with Crippen LogP contribution in [0.4, 0.5) is 0 Å². The molecule has 8 atom stereocenters. The molecule has 5 nitrogen and oxygen atoms in total. The number of hydrogen-bond donors (Lipinski definition) is 4. The largest absolute Gasteiger partial charge is 0.396 e. The molecule has 2 aliphatic carbocycles. The van der Waals surface area contributed by atoms with Crippen LogP contribution in [0.25, 0.3) is 0 Å². The first-order valence-corrected chi connectivity index (χ1v) is 8.29. The van der Waals surface area contributed by atoms with Crippen molar-refractivity contribution in [2.75, 3.05) is 13.7 Å². The summed E-state index contributed by atoms with van der Waals surface area (Å²) in [7, 11) is 1.79. The van der Waals surface area contributed by atoms with Crippen molar-refractivity contribution in [2.24, 2.45) is 23.5 Å². The lowest BCUT2D eigenvalue weighted by Gasteiger charge is -2.43. The maximum absolute atomic E-state index is 10.1. The lowest BCUT2D eigenvalue weighted by molar-refractivity contribution is 0.00166. The van der Waals surface area contributed by atoms with E-state index in [9.17, 15) is 10.2 Å². The minimum absolute atomic E-state index is 0.0132. The summed E-state index contributed by atoms with van der Waals surface area (Å²) in [6.45, 7) is 4.63. The zero-order valence-corrected chi connectivity index (χ0v) is 13.5. The molecule has 0 bridgehead atoms. The van der Waals surface area contributed by atoms with E-state index >= 15 is 0 Å². The maximum atomic E-state index is 10.1. The summed E-state index contributed by atoms with van der Waals surface area (Å²) in [5.74, 6) is 1.21. The van der Waals surface area contributed by atoms with Gasteiger partial charge in [0.25, 0.3) is 0 Å². The van der Waals surface area contributed by atoms with Gasteiger partial charge in [-0.2, -0.15) is 0 Å². The van der Waals surface area contributed by atoms with Crippen molar-refractivity contribution in [3.8, 4) is 0 Å². The van der Waals surface area contributed by atoms with Gasteiger partial charge in [-0.15, -0.1) is 0 Å². The Labute approximate surface area is 128 Å². The van der Waals surface area contributed by atoms with E-state index in [0.29, 0.717) is 30.4 Å².